The Bertz CT molecular complexity index is 876. The van der Waals surface area contributed by atoms with Gasteiger partial charge in [0.1, 0.15) is 18.5 Å². The molecule has 1 atom stereocenters. The third kappa shape index (κ3) is 2.08. The van der Waals surface area contributed by atoms with Crippen molar-refractivity contribution in [3.63, 3.8) is 0 Å². The van der Waals surface area contributed by atoms with E-state index in [4.69, 9.17) is 4.74 Å². The molecule has 3 aromatic rings. The number of nitrogens with zero attached hydrogens (tertiary/aromatic N) is 5. The molecule has 3 aromatic heterocycles. The largest absolute Gasteiger partial charge is 0.446 e. The molecule has 1 fully saturated rings. The molecular formula is C13H10BrN5O2S. The minimum absolute atomic E-state index is 0.255. The summed E-state index contributed by atoms with van der Waals surface area (Å²) in [5.41, 5.74) is 1.47. The summed E-state index contributed by atoms with van der Waals surface area (Å²) >= 11 is 4.95. The van der Waals surface area contributed by atoms with Crippen LogP contribution in [0.4, 0.5) is 10.6 Å². The van der Waals surface area contributed by atoms with Crippen LogP contribution in [-0.4, -0.2) is 32.3 Å². The molecule has 0 saturated carbocycles. The molecule has 22 heavy (non-hydrogen) atoms. The molecule has 4 rings (SSSR count). The number of rotatable bonds is 2. The van der Waals surface area contributed by atoms with Crippen molar-refractivity contribution < 1.29 is 9.53 Å². The molecule has 0 N–H and O–H groups in total. The summed E-state index contributed by atoms with van der Waals surface area (Å²) in [6, 6.07) is 1.49. The van der Waals surface area contributed by atoms with Gasteiger partial charge in [0.15, 0.2) is 5.65 Å². The standard InChI is InChI=1S/C13H10BrN5O2S/c1-7-16-9(6-22-7)10-5-21-13(20)19(10)11-2-3-18-12(17-11)8(14)4-15-18/h2-4,6,10H,5H2,1H3/t10-/m1/s1. The van der Waals surface area contributed by atoms with Gasteiger partial charge in [-0.25, -0.2) is 24.2 Å². The highest BCUT2D eigenvalue weighted by Crippen LogP contribution is 2.33. The van der Waals surface area contributed by atoms with Crippen LogP contribution >= 0.6 is 27.3 Å². The predicted octanol–water partition coefficient (Wildman–Crippen LogP) is 2.95. The zero-order valence-electron chi connectivity index (χ0n) is 11.4. The molecule has 9 heteroatoms. The number of hydrogen-bond acceptors (Lipinski definition) is 6. The normalized spacial score (nSPS) is 18.2. The smallest absolute Gasteiger partial charge is 0.416 e. The summed E-state index contributed by atoms with van der Waals surface area (Å²) in [6.07, 6.45) is 3.01. The molecule has 0 spiro atoms. The van der Waals surface area contributed by atoms with E-state index in [-0.39, 0.29) is 12.6 Å². The van der Waals surface area contributed by atoms with Crippen molar-refractivity contribution in [3.05, 3.63) is 39.0 Å². The van der Waals surface area contributed by atoms with Crippen LogP contribution in [0.25, 0.3) is 5.65 Å². The summed E-state index contributed by atoms with van der Waals surface area (Å²) in [4.78, 5) is 22.6. The Kier molecular flexibility index (Phi) is 3.12. The number of aryl methyl sites for hydroxylation is 1. The van der Waals surface area contributed by atoms with Crippen molar-refractivity contribution >= 4 is 44.8 Å². The predicted molar refractivity (Wildman–Crippen MR) is 84.1 cm³/mol. The summed E-state index contributed by atoms with van der Waals surface area (Å²) in [6.45, 7) is 2.21. The lowest BCUT2D eigenvalue weighted by Gasteiger charge is -2.18. The molecule has 0 aromatic carbocycles. The van der Waals surface area contributed by atoms with Crippen LogP contribution < -0.4 is 4.90 Å². The number of ether oxygens (including phenoxy) is 1. The van der Waals surface area contributed by atoms with Crippen LogP contribution in [0, 0.1) is 6.92 Å². The average Bonchev–Trinajstić information content (AvgIpc) is 3.19. The topological polar surface area (TPSA) is 72.6 Å². The number of hydrogen-bond donors (Lipinski definition) is 0. The molecule has 0 radical (unpaired) electrons. The highest BCUT2D eigenvalue weighted by Gasteiger charge is 2.37. The number of carbonyl (C=O) groups excluding carboxylic acids is 1. The Morgan fingerprint density at radius 3 is 3.09 bits per heavy atom. The van der Waals surface area contributed by atoms with E-state index in [1.807, 2.05) is 12.3 Å². The van der Waals surface area contributed by atoms with Gasteiger partial charge in [-0.05, 0) is 28.9 Å². The molecular weight excluding hydrogens is 370 g/mol. The van der Waals surface area contributed by atoms with Crippen LogP contribution in [0.15, 0.2) is 28.3 Å². The zero-order chi connectivity index (χ0) is 15.3. The fourth-order valence-electron chi connectivity index (χ4n) is 2.39. The van der Waals surface area contributed by atoms with Gasteiger partial charge in [0.25, 0.3) is 0 Å². The fraction of sp³-hybridized carbons (Fsp3) is 0.231. The lowest BCUT2D eigenvalue weighted by molar-refractivity contribution is 0.178. The highest BCUT2D eigenvalue weighted by atomic mass is 79.9. The number of cyclic esters (lactones) is 1. The summed E-state index contributed by atoms with van der Waals surface area (Å²) in [7, 11) is 0. The van der Waals surface area contributed by atoms with Crippen molar-refractivity contribution in [1.82, 2.24) is 19.6 Å². The first kappa shape index (κ1) is 13.6. The van der Waals surface area contributed by atoms with Crippen LogP contribution in [0.3, 0.4) is 0 Å². The third-order valence-corrected chi connectivity index (χ3v) is 4.76. The van der Waals surface area contributed by atoms with Crippen LogP contribution in [0.1, 0.15) is 16.7 Å². The zero-order valence-corrected chi connectivity index (χ0v) is 13.8. The maximum Gasteiger partial charge on any atom is 0.416 e. The first-order chi connectivity index (χ1) is 10.6. The van der Waals surface area contributed by atoms with Crippen molar-refractivity contribution in [2.75, 3.05) is 11.5 Å². The SMILES string of the molecule is Cc1nc([C@H]2COC(=O)N2c2ccn3ncc(Br)c3n2)cs1. The summed E-state index contributed by atoms with van der Waals surface area (Å²) < 4.78 is 7.60. The maximum absolute atomic E-state index is 12.1. The molecule has 0 bridgehead atoms. The maximum atomic E-state index is 12.1. The van der Waals surface area contributed by atoms with Crippen molar-refractivity contribution in [3.8, 4) is 0 Å². The lowest BCUT2D eigenvalue weighted by atomic mass is 10.2. The molecule has 112 valence electrons. The molecule has 4 heterocycles. The summed E-state index contributed by atoms with van der Waals surface area (Å²) in [5, 5.41) is 7.05. The van der Waals surface area contributed by atoms with E-state index in [1.165, 1.54) is 4.90 Å². The molecule has 1 amide bonds. The van der Waals surface area contributed by atoms with Gasteiger partial charge in [-0.2, -0.15) is 5.10 Å². The van der Waals surface area contributed by atoms with Crippen molar-refractivity contribution in [1.29, 1.82) is 0 Å². The van der Waals surface area contributed by atoms with Gasteiger partial charge in [-0.1, -0.05) is 0 Å². The molecule has 1 aliphatic rings. The van der Waals surface area contributed by atoms with Gasteiger partial charge in [0.2, 0.25) is 0 Å². The minimum Gasteiger partial charge on any atom is -0.446 e. The van der Waals surface area contributed by atoms with E-state index >= 15 is 0 Å². The highest BCUT2D eigenvalue weighted by molar-refractivity contribution is 9.10. The van der Waals surface area contributed by atoms with Gasteiger partial charge in [0, 0.05) is 11.6 Å². The number of amides is 1. The Labute approximate surface area is 137 Å². The van der Waals surface area contributed by atoms with E-state index in [1.54, 1.807) is 34.3 Å². The fourth-order valence-corrected chi connectivity index (χ4v) is 3.41. The van der Waals surface area contributed by atoms with E-state index in [9.17, 15) is 4.79 Å². The second-order valence-electron chi connectivity index (χ2n) is 4.80. The van der Waals surface area contributed by atoms with E-state index < -0.39 is 6.09 Å². The monoisotopic (exact) mass is 379 g/mol. The van der Waals surface area contributed by atoms with Gasteiger partial charge >= 0.3 is 6.09 Å². The van der Waals surface area contributed by atoms with Gasteiger partial charge in [-0.3, -0.25) is 0 Å². The number of halogens is 1. The first-order valence-electron chi connectivity index (χ1n) is 6.51. The van der Waals surface area contributed by atoms with Gasteiger partial charge in [-0.15, -0.1) is 11.3 Å². The van der Waals surface area contributed by atoms with Gasteiger partial charge < -0.3 is 4.74 Å². The Morgan fingerprint density at radius 1 is 1.45 bits per heavy atom. The third-order valence-electron chi connectivity index (χ3n) is 3.41. The molecule has 1 saturated heterocycles. The van der Waals surface area contributed by atoms with Crippen LogP contribution in [0.2, 0.25) is 0 Å². The minimum atomic E-state index is -0.414. The van der Waals surface area contributed by atoms with Crippen molar-refractivity contribution in [2.24, 2.45) is 0 Å². The number of carbonyl (C=O) groups is 1. The number of fused-ring (bicyclic) bond motifs is 1. The van der Waals surface area contributed by atoms with Crippen LogP contribution in [-0.2, 0) is 4.74 Å². The van der Waals surface area contributed by atoms with E-state index in [0.29, 0.717) is 11.5 Å². The average molecular weight is 380 g/mol. The van der Waals surface area contributed by atoms with E-state index in [2.05, 4.69) is 31.0 Å². The quantitative estimate of drug-likeness (QED) is 0.684. The lowest BCUT2D eigenvalue weighted by Crippen LogP contribution is -2.28. The Morgan fingerprint density at radius 2 is 2.32 bits per heavy atom. The van der Waals surface area contributed by atoms with Crippen LogP contribution in [0.5, 0.6) is 0 Å². The Balaban J connectivity index is 1.79. The van der Waals surface area contributed by atoms with E-state index in [0.717, 1.165) is 15.2 Å². The second kappa shape index (κ2) is 5.03. The second-order valence-corrected chi connectivity index (χ2v) is 6.72. The molecule has 0 unspecified atom stereocenters. The van der Waals surface area contributed by atoms with Gasteiger partial charge in [0.05, 0.1) is 21.4 Å². The Hall–Kier alpha value is -2.00. The first-order valence-corrected chi connectivity index (χ1v) is 8.18. The molecule has 1 aliphatic heterocycles. The summed E-state index contributed by atoms with van der Waals surface area (Å²) in [5.74, 6) is 0.520. The molecule has 7 nitrogen and oxygen atoms in total. The number of aromatic nitrogens is 4. The number of anilines is 1. The number of thiazole rings is 1. The molecule has 0 aliphatic carbocycles. The van der Waals surface area contributed by atoms with Crippen molar-refractivity contribution in [2.45, 2.75) is 13.0 Å².